The van der Waals surface area contributed by atoms with Crippen LogP contribution in [0.15, 0.2) is 28.7 Å². The summed E-state index contributed by atoms with van der Waals surface area (Å²) in [6.45, 7) is 5.16. The van der Waals surface area contributed by atoms with E-state index in [2.05, 4.69) is 45.1 Å². The minimum atomic E-state index is 0.240. The van der Waals surface area contributed by atoms with Crippen molar-refractivity contribution in [2.75, 3.05) is 26.2 Å². The van der Waals surface area contributed by atoms with Crippen molar-refractivity contribution in [3.05, 3.63) is 34.3 Å². The number of hydrogen-bond donors (Lipinski definition) is 1. The summed E-state index contributed by atoms with van der Waals surface area (Å²) >= 11 is 3.64. The van der Waals surface area contributed by atoms with Crippen molar-refractivity contribution in [2.24, 2.45) is 5.92 Å². The number of halogens is 1. The van der Waals surface area contributed by atoms with Crippen molar-refractivity contribution in [1.82, 2.24) is 4.90 Å². The molecule has 1 aromatic carbocycles. The molecular weight excluding hydrogens is 340 g/mol. The van der Waals surface area contributed by atoms with Crippen molar-refractivity contribution in [2.45, 2.75) is 38.6 Å². The smallest absolute Gasteiger partial charge is 0.231 e. The number of nitrogens with zero attached hydrogens (tertiary/aromatic N) is 1. The van der Waals surface area contributed by atoms with E-state index in [9.17, 15) is 4.79 Å². The fourth-order valence-electron chi connectivity index (χ4n) is 3.81. The monoisotopic (exact) mass is 365 g/mol. The van der Waals surface area contributed by atoms with Gasteiger partial charge in [0.05, 0.1) is 19.0 Å². The number of nitrogens with one attached hydrogen (secondary N) is 1. The average Bonchev–Trinajstić information content (AvgIpc) is 2.57. The lowest BCUT2D eigenvalue weighted by Gasteiger charge is -2.34. The Morgan fingerprint density at radius 1 is 1.18 bits per heavy atom. The van der Waals surface area contributed by atoms with Crippen molar-refractivity contribution in [1.29, 1.82) is 0 Å². The van der Waals surface area contributed by atoms with E-state index in [0.29, 0.717) is 5.91 Å². The van der Waals surface area contributed by atoms with E-state index in [1.54, 1.807) is 4.90 Å². The van der Waals surface area contributed by atoms with Gasteiger partial charge in [0.15, 0.2) is 0 Å². The lowest BCUT2D eigenvalue weighted by atomic mass is 9.95. The van der Waals surface area contributed by atoms with Crippen LogP contribution in [0.2, 0.25) is 0 Å². The minimum Gasteiger partial charge on any atom is -0.342 e. The van der Waals surface area contributed by atoms with Gasteiger partial charge >= 0.3 is 0 Å². The third kappa shape index (κ3) is 3.90. The van der Waals surface area contributed by atoms with Gasteiger partial charge in [-0.3, -0.25) is 4.79 Å². The highest BCUT2D eigenvalue weighted by Gasteiger charge is 2.32. The Hall–Kier alpha value is -0.870. The Morgan fingerprint density at radius 2 is 1.95 bits per heavy atom. The van der Waals surface area contributed by atoms with Gasteiger partial charge in [-0.15, -0.1) is 0 Å². The van der Waals surface area contributed by atoms with Gasteiger partial charge in [-0.05, 0) is 38.2 Å². The van der Waals surface area contributed by atoms with Crippen LogP contribution in [-0.2, 0) is 11.3 Å². The number of carbonyl (C=O) groups excluding carboxylic acids is 1. The molecule has 22 heavy (non-hydrogen) atoms. The molecule has 120 valence electrons. The summed E-state index contributed by atoms with van der Waals surface area (Å²) in [5, 5.41) is 0. The molecule has 4 heteroatoms. The highest BCUT2D eigenvalue weighted by molar-refractivity contribution is 9.10. The molecule has 0 saturated carbocycles. The van der Waals surface area contributed by atoms with Crippen LogP contribution in [0.4, 0.5) is 0 Å². The lowest BCUT2D eigenvalue weighted by Crippen LogP contribution is -3.12. The molecule has 3 rings (SSSR count). The standard InChI is InChI=1S/C18H25BrN2O/c19-17-9-3-2-7-15(17)13-20-10-6-8-16(14-20)18(22)21-11-4-1-5-12-21/h2-3,7,9,16H,1,4-6,8,10-14H2/p+1/t16-/m1/s1. The molecule has 2 aliphatic rings. The number of piperidine rings is 2. The van der Waals surface area contributed by atoms with Gasteiger partial charge in [0, 0.05) is 23.1 Å². The number of carbonyl (C=O) groups is 1. The molecule has 2 fully saturated rings. The van der Waals surface area contributed by atoms with Crippen LogP contribution in [0, 0.1) is 5.92 Å². The normalized spacial score (nSPS) is 26.0. The quantitative estimate of drug-likeness (QED) is 0.872. The van der Waals surface area contributed by atoms with E-state index >= 15 is 0 Å². The van der Waals surface area contributed by atoms with Gasteiger partial charge in [-0.2, -0.15) is 0 Å². The zero-order chi connectivity index (χ0) is 15.4. The second-order valence-electron chi connectivity index (χ2n) is 6.70. The van der Waals surface area contributed by atoms with Crippen LogP contribution in [0.25, 0.3) is 0 Å². The van der Waals surface area contributed by atoms with E-state index in [0.717, 1.165) is 32.6 Å². The molecule has 2 atom stereocenters. The molecule has 0 aromatic heterocycles. The summed E-state index contributed by atoms with van der Waals surface area (Å²) in [5.41, 5.74) is 1.35. The predicted molar refractivity (Wildman–Crippen MR) is 91.7 cm³/mol. The molecule has 1 amide bonds. The van der Waals surface area contributed by atoms with Crippen LogP contribution >= 0.6 is 15.9 Å². The van der Waals surface area contributed by atoms with Crippen LogP contribution < -0.4 is 4.90 Å². The van der Waals surface area contributed by atoms with Crippen LogP contribution in [0.1, 0.15) is 37.7 Å². The zero-order valence-electron chi connectivity index (χ0n) is 13.2. The topological polar surface area (TPSA) is 24.8 Å². The van der Waals surface area contributed by atoms with Crippen molar-refractivity contribution < 1.29 is 9.69 Å². The first-order valence-corrected chi connectivity index (χ1v) is 9.39. The van der Waals surface area contributed by atoms with Crippen LogP contribution in [0.5, 0.6) is 0 Å². The number of likely N-dealkylation sites (tertiary alicyclic amines) is 2. The number of quaternary nitrogens is 1. The molecule has 3 nitrogen and oxygen atoms in total. The Kier molecular flexibility index (Phi) is 5.53. The number of amides is 1. The largest absolute Gasteiger partial charge is 0.342 e. The SMILES string of the molecule is O=C([C@@H]1CCC[NH+](Cc2ccccc2Br)C1)N1CCCCC1. The van der Waals surface area contributed by atoms with Gasteiger partial charge in [-0.25, -0.2) is 0 Å². The summed E-state index contributed by atoms with van der Waals surface area (Å²) < 4.78 is 1.19. The molecule has 1 unspecified atom stereocenters. The summed E-state index contributed by atoms with van der Waals surface area (Å²) in [6.07, 6.45) is 5.91. The maximum absolute atomic E-state index is 12.7. The van der Waals surface area contributed by atoms with Gasteiger partial charge in [0.25, 0.3) is 0 Å². The van der Waals surface area contributed by atoms with E-state index in [4.69, 9.17) is 0 Å². The van der Waals surface area contributed by atoms with Gasteiger partial charge < -0.3 is 9.80 Å². The van der Waals surface area contributed by atoms with E-state index < -0.39 is 0 Å². The highest BCUT2D eigenvalue weighted by atomic mass is 79.9. The summed E-state index contributed by atoms with van der Waals surface area (Å²) in [6, 6.07) is 8.45. The Bertz CT molecular complexity index is 514. The Morgan fingerprint density at radius 3 is 2.73 bits per heavy atom. The Balaban J connectivity index is 1.59. The second kappa shape index (κ2) is 7.60. The third-order valence-electron chi connectivity index (χ3n) is 5.03. The molecule has 1 aromatic rings. The summed E-state index contributed by atoms with van der Waals surface area (Å²) in [4.78, 5) is 16.4. The van der Waals surface area contributed by atoms with Crippen molar-refractivity contribution in [3.8, 4) is 0 Å². The first kappa shape index (κ1) is 16.0. The molecule has 1 N–H and O–H groups in total. The fraction of sp³-hybridized carbons (Fsp3) is 0.611. The molecule has 0 radical (unpaired) electrons. The number of benzene rings is 1. The second-order valence-corrected chi connectivity index (χ2v) is 7.55. The summed E-state index contributed by atoms with van der Waals surface area (Å²) in [7, 11) is 0. The molecule has 2 saturated heterocycles. The van der Waals surface area contributed by atoms with Crippen LogP contribution in [0.3, 0.4) is 0 Å². The Labute approximate surface area is 141 Å². The number of hydrogen-bond acceptors (Lipinski definition) is 1. The minimum absolute atomic E-state index is 0.240. The lowest BCUT2D eigenvalue weighted by molar-refractivity contribution is -0.921. The molecule has 0 aliphatic carbocycles. The fourth-order valence-corrected chi connectivity index (χ4v) is 4.23. The van der Waals surface area contributed by atoms with Crippen molar-refractivity contribution in [3.63, 3.8) is 0 Å². The molecular formula is C18H26BrN2O+. The average molecular weight is 366 g/mol. The van der Waals surface area contributed by atoms with Gasteiger partial charge in [0.1, 0.15) is 6.54 Å². The maximum Gasteiger partial charge on any atom is 0.231 e. The van der Waals surface area contributed by atoms with Gasteiger partial charge in [0.2, 0.25) is 5.91 Å². The molecule has 2 aliphatic heterocycles. The van der Waals surface area contributed by atoms with Crippen molar-refractivity contribution >= 4 is 21.8 Å². The molecule has 2 heterocycles. The number of rotatable bonds is 3. The zero-order valence-corrected chi connectivity index (χ0v) is 14.8. The van der Waals surface area contributed by atoms with Crippen LogP contribution in [-0.4, -0.2) is 37.0 Å². The highest BCUT2D eigenvalue weighted by Crippen LogP contribution is 2.18. The molecule has 0 bridgehead atoms. The molecule has 0 spiro atoms. The van der Waals surface area contributed by atoms with E-state index in [1.165, 1.54) is 42.3 Å². The first-order chi connectivity index (χ1) is 10.7. The van der Waals surface area contributed by atoms with Gasteiger partial charge in [-0.1, -0.05) is 34.1 Å². The van der Waals surface area contributed by atoms with E-state index in [-0.39, 0.29) is 5.92 Å². The third-order valence-corrected chi connectivity index (χ3v) is 5.81. The predicted octanol–water partition coefficient (Wildman–Crippen LogP) is 2.26. The van der Waals surface area contributed by atoms with E-state index in [1.807, 2.05) is 0 Å². The summed E-state index contributed by atoms with van der Waals surface area (Å²) in [5.74, 6) is 0.661. The first-order valence-electron chi connectivity index (χ1n) is 8.60. The maximum atomic E-state index is 12.7.